The molecule has 0 bridgehead atoms. The van der Waals surface area contributed by atoms with Crippen molar-refractivity contribution in [2.45, 2.75) is 45.6 Å². The van der Waals surface area contributed by atoms with Crippen LogP contribution in [0.5, 0.6) is 0 Å². The third-order valence-corrected chi connectivity index (χ3v) is 3.36. The van der Waals surface area contributed by atoms with Gasteiger partial charge >= 0.3 is 0 Å². The van der Waals surface area contributed by atoms with Crippen LogP contribution in [-0.4, -0.2) is 35.8 Å². The second kappa shape index (κ2) is 7.28. The van der Waals surface area contributed by atoms with Crippen LogP contribution in [0.2, 0.25) is 0 Å². The van der Waals surface area contributed by atoms with Crippen LogP contribution in [0.25, 0.3) is 0 Å². The Labute approximate surface area is 115 Å². The zero-order chi connectivity index (χ0) is 13.5. The van der Waals surface area contributed by atoms with E-state index in [-0.39, 0.29) is 0 Å². The third-order valence-electron chi connectivity index (χ3n) is 3.36. The molecule has 0 aromatic carbocycles. The maximum absolute atomic E-state index is 5.62. The molecule has 106 valence electrons. The van der Waals surface area contributed by atoms with E-state index in [1.165, 1.54) is 6.42 Å². The minimum Gasteiger partial charge on any atom is -0.376 e. The lowest BCUT2D eigenvalue weighted by atomic mass is 10.2. The van der Waals surface area contributed by atoms with Gasteiger partial charge in [-0.15, -0.1) is 0 Å². The van der Waals surface area contributed by atoms with Gasteiger partial charge in [0.1, 0.15) is 18.0 Å². The van der Waals surface area contributed by atoms with Crippen LogP contribution in [0.4, 0.5) is 11.6 Å². The summed E-state index contributed by atoms with van der Waals surface area (Å²) in [6.07, 6.45) is 6.26. The van der Waals surface area contributed by atoms with Crippen LogP contribution in [0.3, 0.4) is 0 Å². The van der Waals surface area contributed by atoms with Crippen molar-refractivity contribution in [2.24, 2.45) is 0 Å². The van der Waals surface area contributed by atoms with Crippen LogP contribution >= 0.6 is 0 Å². The molecule has 0 amide bonds. The van der Waals surface area contributed by atoms with Gasteiger partial charge in [0.15, 0.2) is 0 Å². The van der Waals surface area contributed by atoms with E-state index in [2.05, 4.69) is 34.4 Å². The highest BCUT2D eigenvalue weighted by atomic mass is 16.5. The van der Waals surface area contributed by atoms with Gasteiger partial charge in [-0.05, 0) is 25.7 Å². The minimum absolute atomic E-state index is 0.326. The van der Waals surface area contributed by atoms with Crippen LogP contribution in [0.1, 0.15) is 38.7 Å². The molecule has 2 N–H and O–H groups in total. The topological polar surface area (TPSA) is 59.1 Å². The first kappa shape index (κ1) is 14.1. The quantitative estimate of drug-likeness (QED) is 0.792. The molecule has 1 fully saturated rings. The molecule has 1 aromatic heterocycles. The fourth-order valence-corrected chi connectivity index (χ4v) is 2.31. The summed E-state index contributed by atoms with van der Waals surface area (Å²) < 4.78 is 5.62. The van der Waals surface area contributed by atoms with Crippen molar-refractivity contribution in [2.75, 3.05) is 30.3 Å². The molecule has 0 radical (unpaired) electrons. The highest BCUT2D eigenvalue weighted by Gasteiger charge is 2.16. The van der Waals surface area contributed by atoms with Gasteiger partial charge in [0.25, 0.3) is 0 Å². The smallest absolute Gasteiger partial charge is 0.134 e. The number of hydrogen-bond donors (Lipinski definition) is 2. The lowest BCUT2D eigenvalue weighted by Gasteiger charge is -2.16. The second-order valence-electron chi connectivity index (χ2n) is 4.85. The predicted octanol–water partition coefficient (Wildman–Crippen LogP) is 2.45. The van der Waals surface area contributed by atoms with Crippen molar-refractivity contribution < 1.29 is 4.74 Å². The molecule has 1 aromatic rings. The van der Waals surface area contributed by atoms with Crippen molar-refractivity contribution in [3.63, 3.8) is 0 Å². The van der Waals surface area contributed by atoms with Gasteiger partial charge in [0, 0.05) is 25.3 Å². The van der Waals surface area contributed by atoms with Crippen molar-refractivity contribution in [3.05, 3.63) is 11.9 Å². The molecule has 1 unspecified atom stereocenters. The molecule has 2 heterocycles. The molecule has 5 heteroatoms. The summed E-state index contributed by atoms with van der Waals surface area (Å²) in [5, 5.41) is 6.77. The molecule has 1 aliphatic rings. The van der Waals surface area contributed by atoms with Crippen LogP contribution in [-0.2, 0) is 11.2 Å². The Morgan fingerprint density at radius 1 is 1.26 bits per heavy atom. The Morgan fingerprint density at radius 3 is 2.68 bits per heavy atom. The largest absolute Gasteiger partial charge is 0.376 e. The number of ether oxygens (including phenoxy) is 1. The van der Waals surface area contributed by atoms with Gasteiger partial charge < -0.3 is 15.4 Å². The number of anilines is 2. The maximum Gasteiger partial charge on any atom is 0.134 e. The summed E-state index contributed by atoms with van der Waals surface area (Å²) in [4.78, 5) is 8.70. The first-order chi connectivity index (χ1) is 9.35. The molecule has 2 rings (SSSR count). The summed E-state index contributed by atoms with van der Waals surface area (Å²) >= 11 is 0. The first-order valence-electron chi connectivity index (χ1n) is 7.28. The SMILES string of the molecule is CCCNc1ncnc(NCC2CCCO2)c1CC. The van der Waals surface area contributed by atoms with E-state index in [1.807, 2.05) is 0 Å². The molecule has 0 saturated carbocycles. The molecule has 0 spiro atoms. The zero-order valence-corrected chi connectivity index (χ0v) is 11.9. The third kappa shape index (κ3) is 3.80. The van der Waals surface area contributed by atoms with Crippen LogP contribution < -0.4 is 10.6 Å². The Kier molecular flexibility index (Phi) is 5.39. The summed E-state index contributed by atoms with van der Waals surface area (Å²) in [7, 11) is 0. The Morgan fingerprint density at radius 2 is 2.05 bits per heavy atom. The lowest BCUT2D eigenvalue weighted by molar-refractivity contribution is 0.120. The van der Waals surface area contributed by atoms with E-state index in [1.54, 1.807) is 6.33 Å². The molecule has 19 heavy (non-hydrogen) atoms. The van der Waals surface area contributed by atoms with E-state index in [4.69, 9.17) is 4.74 Å². The molecular formula is C14H24N4O. The summed E-state index contributed by atoms with van der Waals surface area (Å²) in [6, 6.07) is 0. The van der Waals surface area contributed by atoms with E-state index in [0.29, 0.717) is 6.10 Å². The van der Waals surface area contributed by atoms with Gasteiger partial charge in [0.05, 0.1) is 6.10 Å². The van der Waals surface area contributed by atoms with Crippen molar-refractivity contribution in [1.82, 2.24) is 9.97 Å². The summed E-state index contributed by atoms with van der Waals surface area (Å²) in [5.41, 5.74) is 1.16. The van der Waals surface area contributed by atoms with Crippen molar-refractivity contribution in [3.8, 4) is 0 Å². The second-order valence-corrected chi connectivity index (χ2v) is 4.85. The molecule has 0 aliphatic carbocycles. The minimum atomic E-state index is 0.326. The van der Waals surface area contributed by atoms with E-state index >= 15 is 0 Å². The fraction of sp³-hybridized carbons (Fsp3) is 0.714. The van der Waals surface area contributed by atoms with Crippen LogP contribution in [0, 0.1) is 0 Å². The normalized spacial score (nSPS) is 18.5. The van der Waals surface area contributed by atoms with E-state index in [9.17, 15) is 0 Å². The average Bonchev–Trinajstić information content (AvgIpc) is 2.96. The maximum atomic E-state index is 5.62. The Bertz CT molecular complexity index is 391. The molecule has 5 nitrogen and oxygen atoms in total. The van der Waals surface area contributed by atoms with Crippen molar-refractivity contribution in [1.29, 1.82) is 0 Å². The highest BCUT2D eigenvalue weighted by Crippen LogP contribution is 2.21. The standard InChI is InChI=1S/C14H24N4O/c1-3-7-15-13-12(4-2)14(18-10-17-13)16-9-11-6-5-8-19-11/h10-11H,3-9H2,1-2H3,(H2,15,16,17,18). The van der Waals surface area contributed by atoms with E-state index < -0.39 is 0 Å². The molecule has 1 saturated heterocycles. The Hall–Kier alpha value is -1.36. The number of rotatable bonds is 7. The summed E-state index contributed by atoms with van der Waals surface area (Å²) in [6.45, 7) is 6.94. The number of nitrogens with one attached hydrogen (secondary N) is 2. The monoisotopic (exact) mass is 264 g/mol. The van der Waals surface area contributed by atoms with Gasteiger partial charge in [0.2, 0.25) is 0 Å². The number of nitrogens with zero attached hydrogens (tertiary/aromatic N) is 2. The number of aromatic nitrogens is 2. The summed E-state index contributed by atoms with van der Waals surface area (Å²) in [5.74, 6) is 1.89. The predicted molar refractivity (Wildman–Crippen MR) is 77.7 cm³/mol. The number of hydrogen-bond acceptors (Lipinski definition) is 5. The average molecular weight is 264 g/mol. The molecule has 1 aliphatic heterocycles. The van der Waals surface area contributed by atoms with Crippen molar-refractivity contribution >= 4 is 11.6 Å². The van der Waals surface area contributed by atoms with Gasteiger partial charge in [-0.2, -0.15) is 0 Å². The van der Waals surface area contributed by atoms with Crippen LogP contribution in [0.15, 0.2) is 6.33 Å². The lowest BCUT2D eigenvalue weighted by Crippen LogP contribution is -2.20. The Balaban J connectivity index is 2.01. The zero-order valence-electron chi connectivity index (χ0n) is 11.9. The highest BCUT2D eigenvalue weighted by molar-refractivity contribution is 5.57. The van der Waals surface area contributed by atoms with Gasteiger partial charge in [-0.25, -0.2) is 9.97 Å². The first-order valence-corrected chi connectivity index (χ1v) is 7.28. The van der Waals surface area contributed by atoms with E-state index in [0.717, 1.165) is 56.2 Å². The molecule has 1 atom stereocenters. The van der Waals surface area contributed by atoms with Gasteiger partial charge in [-0.3, -0.25) is 0 Å². The fourth-order valence-electron chi connectivity index (χ4n) is 2.31. The van der Waals surface area contributed by atoms with Gasteiger partial charge in [-0.1, -0.05) is 13.8 Å². The molecular weight excluding hydrogens is 240 g/mol.